The van der Waals surface area contributed by atoms with Crippen molar-refractivity contribution in [1.29, 1.82) is 0 Å². The number of aromatic nitrogens is 1. The molecule has 98 valence electrons. The van der Waals surface area contributed by atoms with Crippen LogP contribution in [0, 0.1) is 0 Å². The van der Waals surface area contributed by atoms with E-state index in [2.05, 4.69) is 10.3 Å². The maximum Gasteiger partial charge on any atom is 0.260 e. The molecule has 1 aromatic heterocycles. The Morgan fingerprint density at radius 1 is 1.37 bits per heavy atom. The Bertz CT molecular complexity index is 617. The average molecular weight is 279 g/mol. The van der Waals surface area contributed by atoms with Crippen LogP contribution >= 0.6 is 11.6 Å². The number of nitrogens with one attached hydrogen (secondary N) is 1. The molecule has 0 aliphatic rings. The molecule has 1 aromatic carbocycles. The molecule has 0 unspecified atom stereocenters. The fraction of sp³-hybridized carbons (Fsp3) is 0.0769. The summed E-state index contributed by atoms with van der Waals surface area (Å²) in [7, 11) is 1.48. The van der Waals surface area contributed by atoms with E-state index in [4.69, 9.17) is 16.3 Å². The molecule has 0 spiro atoms. The Hall–Kier alpha value is -2.27. The van der Waals surface area contributed by atoms with Crippen LogP contribution in [0.15, 0.2) is 36.5 Å². The Kier molecular flexibility index (Phi) is 3.87. The zero-order chi connectivity index (χ0) is 13.8. The highest BCUT2D eigenvalue weighted by Crippen LogP contribution is 2.23. The van der Waals surface area contributed by atoms with Gasteiger partial charge in [-0.2, -0.15) is 0 Å². The normalized spacial score (nSPS) is 10.0. The maximum atomic E-state index is 12.0. The smallest absolute Gasteiger partial charge is 0.260 e. The summed E-state index contributed by atoms with van der Waals surface area (Å²) < 4.78 is 5.00. The van der Waals surface area contributed by atoms with Crippen molar-refractivity contribution in [2.45, 2.75) is 0 Å². The van der Waals surface area contributed by atoms with Crippen molar-refractivity contribution in [2.75, 3.05) is 12.4 Å². The first-order valence-electron chi connectivity index (χ1n) is 5.40. The lowest BCUT2D eigenvalue weighted by Gasteiger charge is -2.08. The molecule has 0 saturated heterocycles. The number of rotatable bonds is 3. The van der Waals surface area contributed by atoms with Crippen LogP contribution < -0.4 is 10.1 Å². The number of nitrogens with zero attached hydrogens (tertiary/aromatic N) is 1. The highest BCUT2D eigenvalue weighted by atomic mass is 35.5. The van der Waals surface area contributed by atoms with Crippen molar-refractivity contribution >= 4 is 23.3 Å². The summed E-state index contributed by atoms with van der Waals surface area (Å²) in [5, 5.41) is 12.7. The molecule has 0 aliphatic heterocycles. The van der Waals surface area contributed by atoms with Gasteiger partial charge >= 0.3 is 0 Å². The van der Waals surface area contributed by atoms with Gasteiger partial charge in [0.15, 0.2) is 0 Å². The quantitative estimate of drug-likeness (QED) is 0.905. The minimum Gasteiger partial charge on any atom is -0.507 e. The van der Waals surface area contributed by atoms with E-state index < -0.39 is 5.91 Å². The fourth-order valence-corrected chi connectivity index (χ4v) is 1.64. The van der Waals surface area contributed by atoms with Gasteiger partial charge in [0.05, 0.1) is 12.7 Å². The highest BCUT2D eigenvalue weighted by molar-refractivity contribution is 6.30. The lowest BCUT2D eigenvalue weighted by Crippen LogP contribution is -2.13. The fourth-order valence-electron chi connectivity index (χ4n) is 1.48. The van der Waals surface area contributed by atoms with Gasteiger partial charge in [-0.1, -0.05) is 11.6 Å². The number of hydrogen-bond donors (Lipinski definition) is 2. The molecule has 0 fully saturated rings. The third-order valence-electron chi connectivity index (χ3n) is 2.41. The minimum atomic E-state index is -0.494. The summed E-state index contributed by atoms with van der Waals surface area (Å²) in [5.74, 6) is 0.146. The maximum absolute atomic E-state index is 12.0. The number of carbonyl (C=O) groups excluding carboxylic acids is 1. The van der Waals surface area contributed by atoms with Crippen LogP contribution in [0.25, 0.3) is 0 Å². The number of phenols is 1. The van der Waals surface area contributed by atoms with E-state index in [1.54, 1.807) is 12.1 Å². The first-order valence-corrected chi connectivity index (χ1v) is 5.78. The van der Waals surface area contributed by atoms with Crippen LogP contribution in [0.4, 0.5) is 5.82 Å². The summed E-state index contributed by atoms with van der Waals surface area (Å²) in [6.45, 7) is 0. The third-order valence-corrected chi connectivity index (χ3v) is 2.65. The molecule has 0 aliphatic carbocycles. The Morgan fingerprint density at radius 2 is 2.16 bits per heavy atom. The van der Waals surface area contributed by atoms with Crippen molar-refractivity contribution in [3.05, 3.63) is 47.1 Å². The van der Waals surface area contributed by atoms with Gasteiger partial charge in [-0.25, -0.2) is 4.98 Å². The van der Waals surface area contributed by atoms with Crippen LogP contribution in [0.2, 0.25) is 5.02 Å². The van der Waals surface area contributed by atoms with Crippen molar-refractivity contribution in [3.8, 4) is 11.5 Å². The molecule has 1 heterocycles. The second kappa shape index (κ2) is 5.58. The monoisotopic (exact) mass is 278 g/mol. The van der Waals surface area contributed by atoms with Crippen molar-refractivity contribution in [3.63, 3.8) is 0 Å². The van der Waals surface area contributed by atoms with E-state index in [0.717, 1.165) is 0 Å². The molecule has 19 heavy (non-hydrogen) atoms. The third kappa shape index (κ3) is 3.14. The second-order valence-electron chi connectivity index (χ2n) is 3.70. The number of benzene rings is 1. The van der Waals surface area contributed by atoms with Gasteiger partial charge in [-0.3, -0.25) is 4.79 Å². The molecule has 0 bridgehead atoms. The molecule has 0 radical (unpaired) electrons. The van der Waals surface area contributed by atoms with Gasteiger partial charge in [0.1, 0.15) is 17.3 Å². The van der Waals surface area contributed by atoms with Crippen molar-refractivity contribution < 1.29 is 14.6 Å². The van der Waals surface area contributed by atoms with Crippen LogP contribution in [-0.4, -0.2) is 23.1 Å². The number of anilines is 1. The Labute approximate surface area is 114 Å². The first kappa shape index (κ1) is 13.2. The standard InChI is InChI=1S/C13H11ClN2O3/c1-19-9-2-3-11(17)10(7-9)13(18)16-12-6-8(14)4-5-15-12/h2-7,17H,1H3,(H,15,16,18). The predicted molar refractivity (Wildman–Crippen MR) is 71.9 cm³/mol. The lowest BCUT2D eigenvalue weighted by atomic mass is 10.1. The summed E-state index contributed by atoms with van der Waals surface area (Å²) >= 11 is 5.79. The van der Waals surface area contributed by atoms with Gasteiger partial charge in [0, 0.05) is 11.2 Å². The van der Waals surface area contributed by atoms with Crippen molar-refractivity contribution in [2.24, 2.45) is 0 Å². The summed E-state index contributed by atoms with van der Waals surface area (Å²) in [4.78, 5) is 16.0. The van der Waals surface area contributed by atoms with E-state index in [1.807, 2.05) is 0 Å². The predicted octanol–water partition coefficient (Wildman–Crippen LogP) is 2.70. The number of halogens is 1. The van der Waals surface area contributed by atoms with Gasteiger partial charge < -0.3 is 15.2 Å². The van der Waals surface area contributed by atoms with Crippen LogP contribution in [-0.2, 0) is 0 Å². The van der Waals surface area contributed by atoms with E-state index in [9.17, 15) is 9.90 Å². The zero-order valence-corrected chi connectivity index (χ0v) is 10.8. The van der Waals surface area contributed by atoms with E-state index >= 15 is 0 Å². The number of amides is 1. The van der Waals surface area contributed by atoms with Crippen LogP contribution in [0.3, 0.4) is 0 Å². The number of ether oxygens (including phenoxy) is 1. The zero-order valence-electron chi connectivity index (χ0n) is 10.1. The van der Waals surface area contributed by atoms with E-state index in [0.29, 0.717) is 16.6 Å². The number of hydrogen-bond acceptors (Lipinski definition) is 4. The number of carbonyl (C=O) groups is 1. The molecule has 2 N–H and O–H groups in total. The average Bonchev–Trinajstić information content (AvgIpc) is 2.39. The van der Waals surface area contributed by atoms with Gasteiger partial charge in [-0.05, 0) is 30.3 Å². The number of pyridine rings is 1. The molecule has 2 rings (SSSR count). The van der Waals surface area contributed by atoms with Gasteiger partial charge in [0.2, 0.25) is 0 Å². The minimum absolute atomic E-state index is 0.0983. The summed E-state index contributed by atoms with van der Waals surface area (Å²) in [6.07, 6.45) is 1.48. The molecule has 1 amide bonds. The van der Waals surface area contributed by atoms with E-state index in [-0.39, 0.29) is 11.3 Å². The molecule has 0 atom stereocenters. The molecule has 6 heteroatoms. The highest BCUT2D eigenvalue weighted by Gasteiger charge is 2.13. The lowest BCUT2D eigenvalue weighted by molar-refractivity contribution is 0.102. The Balaban J connectivity index is 2.25. The van der Waals surface area contributed by atoms with Crippen molar-refractivity contribution in [1.82, 2.24) is 4.98 Å². The SMILES string of the molecule is COc1ccc(O)c(C(=O)Nc2cc(Cl)ccn2)c1. The molecule has 2 aromatic rings. The number of aromatic hydroxyl groups is 1. The van der Waals surface area contributed by atoms with Crippen LogP contribution in [0.1, 0.15) is 10.4 Å². The van der Waals surface area contributed by atoms with Crippen LogP contribution in [0.5, 0.6) is 11.5 Å². The van der Waals surface area contributed by atoms with E-state index in [1.165, 1.54) is 31.5 Å². The topological polar surface area (TPSA) is 71.5 Å². The Morgan fingerprint density at radius 3 is 2.84 bits per heavy atom. The molecule has 5 nitrogen and oxygen atoms in total. The summed E-state index contributed by atoms with van der Waals surface area (Å²) in [5.41, 5.74) is 0.0983. The molecular formula is C13H11ClN2O3. The molecule has 0 saturated carbocycles. The first-order chi connectivity index (χ1) is 9.10. The second-order valence-corrected chi connectivity index (χ2v) is 4.13. The molecular weight excluding hydrogens is 268 g/mol. The largest absolute Gasteiger partial charge is 0.507 e. The summed E-state index contributed by atoms with van der Waals surface area (Å²) in [6, 6.07) is 7.50. The van der Waals surface area contributed by atoms with Gasteiger partial charge in [0.25, 0.3) is 5.91 Å². The number of methoxy groups -OCH3 is 1. The number of phenolic OH excluding ortho intramolecular Hbond substituents is 1. The van der Waals surface area contributed by atoms with Gasteiger partial charge in [-0.15, -0.1) is 0 Å².